The number of halogens is 2. The van der Waals surface area contributed by atoms with Crippen molar-refractivity contribution in [1.82, 2.24) is 5.32 Å². The number of para-hydroxylation sites is 1. The van der Waals surface area contributed by atoms with E-state index in [0.29, 0.717) is 15.6 Å². The zero-order valence-corrected chi connectivity index (χ0v) is 19.3. The Morgan fingerprint density at radius 1 is 0.875 bits per heavy atom. The highest BCUT2D eigenvalue weighted by Gasteiger charge is 2.50. The highest BCUT2D eigenvalue weighted by Crippen LogP contribution is 2.48. The molecule has 3 fully saturated rings. The number of hydrogen-bond acceptors (Lipinski definition) is 2. The van der Waals surface area contributed by atoms with Crippen LogP contribution in [0.15, 0.2) is 78.9 Å². The van der Waals surface area contributed by atoms with Gasteiger partial charge in [-0.25, -0.2) is 0 Å². The van der Waals surface area contributed by atoms with Crippen LogP contribution in [0, 0.1) is 5.92 Å². The summed E-state index contributed by atoms with van der Waals surface area (Å²) in [5.74, 6) is 0.553. The maximum atomic E-state index is 14.2. The Morgan fingerprint density at radius 2 is 1.47 bits per heavy atom. The lowest BCUT2D eigenvalue weighted by Gasteiger charge is -2.54. The van der Waals surface area contributed by atoms with Crippen LogP contribution in [-0.2, 0) is 0 Å². The van der Waals surface area contributed by atoms with Crippen molar-refractivity contribution in [2.45, 2.75) is 37.3 Å². The molecule has 1 aliphatic carbocycles. The van der Waals surface area contributed by atoms with Crippen LogP contribution in [0.2, 0.25) is 10.0 Å². The number of anilines is 1. The lowest BCUT2D eigenvalue weighted by Crippen LogP contribution is -2.63. The van der Waals surface area contributed by atoms with Gasteiger partial charge in [-0.3, -0.25) is 9.69 Å². The normalized spacial score (nSPS) is 23.0. The molecular formula is C27H26Cl2N2O. The van der Waals surface area contributed by atoms with E-state index in [1.54, 1.807) is 18.2 Å². The summed E-state index contributed by atoms with van der Waals surface area (Å²) in [6.45, 7) is 0.993. The Bertz CT molecular complexity index is 1060. The topological polar surface area (TPSA) is 32.3 Å². The summed E-state index contributed by atoms with van der Waals surface area (Å²) in [7, 11) is 0. The van der Waals surface area contributed by atoms with Gasteiger partial charge in [-0.15, -0.1) is 0 Å². The van der Waals surface area contributed by atoms with Gasteiger partial charge in [0, 0.05) is 11.2 Å². The lowest BCUT2D eigenvalue weighted by molar-refractivity contribution is 0.0776. The number of benzene rings is 3. The highest BCUT2D eigenvalue weighted by atomic mass is 35.5. The van der Waals surface area contributed by atoms with Crippen molar-refractivity contribution in [3.05, 3.63) is 100 Å². The number of rotatable bonds is 5. The van der Waals surface area contributed by atoms with Gasteiger partial charge in [0.15, 0.2) is 0 Å². The minimum atomic E-state index is -0.199. The zero-order chi connectivity index (χ0) is 22.1. The maximum absolute atomic E-state index is 14.2. The largest absolute Gasteiger partial charge is 0.309 e. The second-order valence-electron chi connectivity index (χ2n) is 8.90. The molecule has 3 aliphatic rings. The van der Waals surface area contributed by atoms with E-state index in [-0.39, 0.29) is 17.5 Å². The fourth-order valence-electron chi connectivity index (χ4n) is 5.44. The second-order valence-corrected chi connectivity index (χ2v) is 9.72. The van der Waals surface area contributed by atoms with Gasteiger partial charge in [-0.2, -0.15) is 0 Å². The molecule has 2 bridgehead atoms. The van der Waals surface area contributed by atoms with E-state index in [2.05, 4.69) is 17.4 Å². The van der Waals surface area contributed by atoms with Crippen LogP contribution in [0.5, 0.6) is 0 Å². The standard InChI is InChI=1S/C27H26Cl2N2O/c28-22-12-7-13-23(29)24(22)26(32)31(21-10-5-2-6-11-21)25(20-8-3-1-4-9-20)27-16-14-19(15-17-27)18-30-27/h1-13,19,25,30H,14-18H2. The molecule has 0 aromatic heterocycles. The van der Waals surface area contributed by atoms with E-state index in [4.69, 9.17) is 23.2 Å². The van der Waals surface area contributed by atoms with E-state index >= 15 is 0 Å². The molecular weight excluding hydrogens is 439 g/mol. The molecule has 5 heteroatoms. The van der Waals surface area contributed by atoms with E-state index < -0.39 is 0 Å². The van der Waals surface area contributed by atoms with E-state index in [1.807, 2.05) is 53.4 Å². The Morgan fingerprint density at radius 3 is 2.03 bits per heavy atom. The van der Waals surface area contributed by atoms with Crippen LogP contribution in [-0.4, -0.2) is 18.0 Å². The molecule has 3 nitrogen and oxygen atoms in total. The van der Waals surface area contributed by atoms with Gasteiger partial charge in [0.1, 0.15) is 0 Å². The molecule has 1 atom stereocenters. The third-order valence-corrected chi connectivity index (χ3v) is 7.70. The molecule has 2 saturated heterocycles. The summed E-state index contributed by atoms with van der Waals surface area (Å²) >= 11 is 13.0. The Labute approximate surface area is 199 Å². The summed E-state index contributed by atoms with van der Waals surface area (Å²) in [5, 5.41) is 4.59. The Kier molecular flexibility index (Phi) is 5.98. The van der Waals surface area contributed by atoms with Crippen molar-refractivity contribution in [3.8, 4) is 0 Å². The van der Waals surface area contributed by atoms with Gasteiger partial charge >= 0.3 is 0 Å². The minimum absolute atomic E-state index is 0.176. The van der Waals surface area contributed by atoms with Crippen LogP contribution >= 0.6 is 23.2 Å². The van der Waals surface area contributed by atoms with Crippen molar-refractivity contribution in [3.63, 3.8) is 0 Å². The lowest BCUT2D eigenvalue weighted by atomic mass is 9.66. The first-order valence-electron chi connectivity index (χ1n) is 11.2. The highest BCUT2D eigenvalue weighted by molar-refractivity contribution is 6.40. The van der Waals surface area contributed by atoms with Crippen molar-refractivity contribution in [1.29, 1.82) is 0 Å². The van der Waals surface area contributed by atoms with Gasteiger partial charge in [0.2, 0.25) is 0 Å². The van der Waals surface area contributed by atoms with Crippen LogP contribution in [0.4, 0.5) is 5.69 Å². The monoisotopic (exact) mass is 464 g/mol. The van der Waals surface area contributed by atoms with Gasteiger partial charge in [-0.1, -0.05) is 77.8 Å². The molecule has 6 rings (SSSR count). The maximum Gasteiger partial charge on any atom is 0.261 e. The molecule has 2 aliphatic heterocycles. The Balaban J connectivity index is 1.71. The summed E-state index contributed by atoms with van der Waals surface area (Å²) in [6, 6.07) is 25.3. The molecule has 1 N–H and O–H groups in total. The number of fused-ring (bicyclic) bond motifs is 3. The zero-order valence-electron chi connectivity index (χ0n) is 17.8. The SMILES string of the molecule is O=C(c1c(Cl)cccc1Cl)N(c1ccccc1)C(c1ccccc1)C12CCC(CC1)CN2. The van der Waals surface area contributed by atoms with Crippen molar-refractivity contribution < 1.29 is 4.79 Å². The summed E-state index contributed by atoms with van der Waals surface area (Å²) in [4.78, 5) is 16.2. The summed E-state index contributed by atoms with van der Waals surface area (Å²) in [6.07, 6.45) is 4.42. The van der Waals surface area contributed by atoms with Gasteiger partial charge in [-0.05, 0) is 68.0 Å². The number of nitrogens with one attached hydrogen (secondary N) is 1. The molecule has 2 heterocycles. The molecule has 0 radical (unpaired) electrons. The number of carbonyl (C=O) groups excluding carboxylic acids is 1. The van der Waals surface area contributed by atoms with Crippen molar-refractivity contribution in [2.24, 2.45) is 5.92 Å². The number of hydrogen-bond donors (Lipinski definition) is 1. The summed E-state index contributed by atoms with van der Waals surface area (Å²) < 4.78 is 0. The molecule has 1 amide bonds. The van der Waals surface area contributed by atoms with Gasteiger partial charge in [0.05, 0.1) is 21.7 Å². The molecule has 1 unspecified atom stereocenters. The molecule has 3 aromatic carbocycles. The average Bonchev–Trinajstić information content (AvgIpc) is 2.84. The molecule has 3 aromatic rings. The fourth-order valence-corrected chi connectivity index (χ4v) is 6.00. The van der Waals surface area contributed by atoms with Crippen molar-refractivity contribution >= 4 is 34.8 Å². The number of piperidine rings is 2. The first kappa shape index (κ1) is 21.5. The van der Waals surface area contributed by atoms with E-state index in [1.165, 1.54) is 12.8 Å². The van der Waals surface area contributed by atoms with Crippen LogP contribution < -0.4 is 10.2 Å². The average molecular weight is 465 g/mol. The first-order chi connectivity index (χ1) is 15.6. The molecule has 0 spiro atoms. The quantitative estimate of drug-likeness (QED) is 0.444. The summed E-state index contributed by atoms with van der Waals surface area (Å²) in [5.41, 5.74) is 2.10. The number of carbonyl (C=O) groups is 1. The molecule has 164 valence electrons. The second kappa shape index (κ2) is 8.90. The van der Waals surface area contributed by atoms with Gasteiger partial charge in [0.25, 0.3) is 5.91 Å². The van der Waals surface area contributed by atoms with Crippen LogP contribution in [0.1, 0.15) is 47.6 Å². The van der Waals surface area contributed by atoms with E-state index in [9.17, 15) is 4.79 Å². The number of nitrogens with zero attached hydrogens (tertiary/aromatic N) is 1. The third-order valence-electron chi connectivity index (χ3n) is 7.07. The smallest absolute Gasteiger partial charge is 0.261 e. The Hall–Kier alpha value is -2.33. The molecule has 32 heavy (non-hydrogen) atoms. The predicted octanol–water partition coefficient (Wildman–Crippen LogP) is 6.91. The number of amides is 1. The van der Waals surface area contributed by atoms with Crippen LogP contribution in [0.3, 0.4) is 0 Å². The van der Waals surface area contributed by atoms with Crippen molar-refractivity contribution in [2.75, 3.05) is 11.4 Å². The third kappa shape index (κ3) is 3.83. The van der Waals surface area contributed by atoms with Gasteiger partial charge < -0.3 is 5.32 Å². The van der Waals surface area contributed by atoms with Crippen LogP contribution in [0.25, 0.3) is 0 Å². The molecule has 1 saturated carbocycles. The van der Waals surface area contributed by atoms with E-state index in [0.717, 1.165) is 36.6 Å². The first-order valence-corrected chi connectivity index (χ1v) is 12.0. The fraction of sp³-hybridized carbons (Fsp3) is 0.296. The minimum Gasteiger partial charge on any atom is -0.309 e. The predicted molar refractivity (Wildman–Crippen MR) is 132 cm³/mol.